The molecule has 0 aromatic carbocycles. The third kappa shape index (κ3) is 2.82. The third-order valence-corrected chi connectivity index (χ3v) is 4.86. The first-order chi connectivity index (χ1) is 10.6. The summed E-state index contributed by atoms with van der Waals surface area (Å²) in [6.07, 6.45) is 4.18. The van der Waals surface area contributed by atoms with Gasteiger partial charge in [-0.25, -0.2) is 9.97 Å². The van der Waals surface area contributed by atoms with E-state index < -0.39 is 0 Å². The van der Waals surface area contributed by atoms with Crippen LogP contribution >= 0.6 is 0 Å². The Balaban J connectivity index is 1.86. The van der Waals surface area contributed by atoms with Gasteiger partial charge in [0, 0.05) is 31.8 Å². The molecule has 120 valence electrons. The first-order valence-corrected chi connectivity index (χ1v) is 8.31. The molecule has 1 aliphatic heterocycles. The van der Waals surface area contributed by atoms with Crippen LogP contribution in [0.5, 0.6) is 0 Å². The molecular weight excluding hydrogens is 276 g/mol. The molecule has 0 saturated carbocycles. The van der Waals surface area contributed by atoms with Gasteiger partial charge in [-0.1, -0.05) is 20.8 Å². The Morgan fingerprint density at radius 1 is 1.27 bits per heavy atom. The highest BCUT2D eigenvalue weighted by Gasteiger charge is 2.25. The summed E-state index contributed by atoms with van der Waals surface area (Å²) in [5.41, 5.74) is 0.930. The monoisotopic (exact) mass is 302 g/mol. The molecule has 1 atom stereocenters. The summed E-state index contributed by atoms with van der Waals surface area (Å²) in [4.78, 5) is 15.1. The number of aliphatic hydroxyl groups excluding tert-OH is 1. The highest BCUT2D eigenvalue weighted by Crippen LogP contribution is 2.31. The van der Waals surface area contributed by atoms with Crippen molar-refractivity contribution in [2.24, 2.45) is 11.8 Å². The molecule has 0 radical (unpaired) electrons. The zero-order valence-electron chi connectivity index (χ0n) is 13.7. The Hall–Kier alpha value is -1.62. The summed E-state index contributed by atoms with van der Waals surface area (Å²) in [6, 6.07) is 2.07. The van der Waals surface area contributed by atoms with Crippen LogP contribution in [-0.4, -0.2) is 39.8 Å². The Morgan fingerprint density at radius 3 is 2.64 bits per heavy atom. The van der Waals surface area contributed by atoms with Gasteiger partial charge in [0.15, 0.2) is 0 Å². The predicted octanol–water partition coefficient (Wildman–Crippen LogP) is 2.93. The van der Waals surface area contributed by atoms with E-state index in [2.05, 4.69) is 41.7 Å². The van der Waals surface area contributed by atoms with Gasteiger partial charge in [-0.3, -0.25) is 0 Å². The van der Waals surface area contributed by atoms with Crippen molar-refractivity contribution in [2.45, 2.75) is 39.5 Å². The van der Waals surface area contributed by atoms with Crippen LogP contribution in [0.25, 0.3) is 11.0 Å². The molecule has 2 aromatic rings. The number of H-pyrrole nitrogens is 1. The maximum atomic E-state index is 9.34. The van der Waals surface area contributed by atoms with Gasteiger partial charge in [0.2, 0.25) is 0 Å². The smallest absolute Gasteiger partial charge is 0.143 e. The fourth-order valence-corrected chi connectivity index (χ4v) is 3.27. The average Bonchev–Trinajstić information content (AvgIpc) is 3.01. The summed E-state index contributed by atoms with van der Waals surface area (Å²) in [6.45, 7) is 8.70. The van der Waals surface area contributed by atoms with Gasteiger partial charge in [-0.2, -0.15) is 0 Å². The molecule has 0 aliphatic carbocycles. The molecule has 1 unspecified atom stereocenters. The van der Waals surface area contributed by atoms with Crippen LogP contribution in [0.4, 0.5) is 5.82 Å². The average molecular weight is 302 g/mol. The predicted molar refractivity (Wildman–Crippen MR) is 89.2 cm³/mol. The van der Waals surface area contributed by atoms with Crippen LogP contribution in [0.2, 0.25) is 0 Å². The summed E-state index contributed by atoms with van der Waals surface area (Å²) >= 11 is 0. The van der Waals surface area contributed by atoms with Crippen molar-refractivity contribution < 1.29 is 5.11 Å². The standard InChI is InChI=1S/C17H26N4O/c1-11(2)15-19-16-14(4-7-18-16)17(20-15)21-8-5-13(6-9-21)12(3)10-22/h4,7,11-13,22H,5-6,8-10H2,1-3H3,(H,18,19,20). The second kappa shape index (κ2) is 6.24. The molecule has 2 N–H and O–H groups in total. The molecule has 1 saturated heterocycles. The second-order valence-corrected chi connectivity index (χ2v) is 6.78. The molecule has 1 fully saturated rings. The summed E-state index contributed by atoms with van der Waals surface area (Å²) < 4.78 is 0. The van der Waals surface area contributed by atoms with Gasteiger partial charge in [-0.15, -0.1) is 0 Å². The van der Waals surface area contributed by atoms with E-state index in [0.717, 1.165) is 48.6 Å². The molecule has 5 heteroatoms. The number of aromatic amines is 1. The van der Waals surface area contributed by atoms with Crippen LogP contribution < -0.4 is 4.90 Å². The van der Waals surface area contributed by atoms with E-state index in [9.17, 15) is 5.11 Å². The van der Waals surface area contributed by atoms with Crippen molar-refractivity contribution in [1.82, 2.24) is 15.0 Å². The van der Waals surface area contributed by atoms with E-state index in [4.69, 9.17) is 4.98 Å². The second-order valence-electron chi connectivity index (χ2n) is 6.78. The number of nitrogens with zero attached hydrogens (tertiary/aromatic N) is 3. The summed E-state index contributed by atoms with van der Waals surface area (Å²) in [7, 11) is 0. The Bertz CT molecular complexity index is 629. The number of aromatic nitrogens is 3. The number of nitrogens with one attached hydrogen (secondary N) is 1. The number of piperidine rings is 1. The van der Waals surface area contributed by atoms with Crippen LogP contribution in [-0.2, 0) is 0 Å². The topological polar surface area (TPSA) is 65.0 Å². The first kappa shape index (κ1) is 15.3. The van der Waals surface area contributed by atoms with Crippen LogP contribution in [0.1, 0.15) is 45.4 Å². The minimum Gasteiger partial charge on any atom is -0.396 e. The minimum absolute atomic E-state index is 0.289. The maximum Gasteiger partial charge on any atom is 0.143 e. The molecular formula is C17H26N4O. The van der Waals surface area contributed by atoms with E-state index in [0.29, 0.717) is 17.8 Å². The molecule has 0 amide bonds. The lowest BCUT2D eigenvalue weighted by atomic mass is 9.86. The van der Waals surface area contributed by atoms with Crippen molar-refractivity contribution in [2.75, 3.05) is 24.6 Å². The first-order valence-electron chi connectivity index (χ1n) is 8.31. The number of rotatable bonds is 4. The Kier molecular flexibility index (Phi) is 4.34. The van der Waals surface area contributed by atoms with Crippen molar-refractivity contribution in [3.05, 3.63) is 18.1 Å². The lowest BCUT2D eigenvalue weighted by Crippen LogP contribution is -2.37. The van der Waals surface area contributed by atoms with Crippen LogP contribution in [0, 0.1) is 11.8 Å². The number of fused-ring (bicyclic) bond motifs is 1. The van der Waals surface area contributed by atoms with Crippen LogP contribution in [0.3, 0.4) is 0 Å². The number of aliphatic hydroxyl groups is 1. The number of hydrogen-bond donors (Lipinski definition) is 2. The van der Waals surface area contributed by atoms with Gasteiger partial charge in [0.1, 0.15) is 17.3 Å². The van der Waals surface area contributed by atoms with Crippen molar-refractivity contribution in [3.63, 3.8) is 0 Å². The van der Waals surface area contributed by atoms with Crippen molar-refractivity contribution >= 4 is 16.9 Å². The van der Waals surface area contributed by atoms with E-state index in [1.54, 1.807) is 0 Å². The van der Waals surface area contributed by atoms with Gasteiger partial charge in [-0.05, 0) is 30.7 Å². The molecule has 1 aliphatic rings. The van der Waals surface area contributed by atoms with Gasteiger partial charge in [0.25, 0.3) is 0 Å². The lowest BCUT2D eigenvalue weighted by Gasteiger charge is -2.35. The molecule has 3 rings (SSSR count). The fourth-order valence-electron chi connectivity index (χ4n) is 3.27. The van der Waals surface area contributed by atoms with Crippen molar-refractivity contribution in [1.29, 1.82) is 0 Å². The Morgan fingerprint density at radius 2 is 2.00 bits per heavy atom. The van der Waals surface area contributed by atoms with E-state index in [1.807, 2.05) is 6.20 Å². The minimum atomic E-state index is 0.289. The normalized spacial score (nSPS) is 18.3. The molecule has 0 spiro atoms. The lowest BCUT2D eigenvalue weighted by molar-refractivity contribution is 0.170. The number of anilines is 1. The summed E-state index contributed by atoms with van der Waals surface area (Å²) in [5, 5.41) is 10.5. The van der Waals surface area contributed by atoms with Gasteiger partial charge >= 0.3 is 0 Å². The molecule has 22 heavy (non-hydrogen) atoms. The fraction of sp³-hybridized carbons (Fsp3) is 0.647. The van der Waals surface area contributed by atoms with E-state index in [1.165, 1.54) is 0 Å². The SMILES string of the molecule is CC(C)c1nc(N2CCC(C(C)CO)CC2)c2cc[nH]c2n1. The Labute approximate surface area is 131 Å². The zero-order valence-corrected chi connectivity index (χ0v) is 13.7. The van der Waals surface area contributed by atoms with Crippen LogP contribution in [0.15, 0.2) is 12.3 Å². The van der Waals surface area contributed by atoms with Gasteiger partial charge < -0.3 is 15.0 Å². The highest BCUT2D eigenvalue weighted by molar-refractivity contribution is 5.87. The maximum absolute atomic E-state index is 9.34. The molecule has 0 bridgehead atoms. The largest absolute Gasteiger partial charge is 0.396 e. The number of hydrogen-bond acceptors (Lipinski definition) is 4. The molecule has 5 nitrogen and oxygen atoms in total. The zero-order chi connectivity index (χ0) is 15.7. The quantitative estimate of drug-likeness (QED) is 0.911. The van der Waals surface area contributed by atoms with E-state index >= 15 is 0 Å². The van der Waals surface area contributed by atoms with Crippen molar-refractivity contribution in [3.8, 4) is 0 Å². The highest BCUT2D eigenvalue weighted by atomic mass is 16.3. The summed E-state index contributed by atoms with van der Waals surface area (Å²) in [5.74, 6) is 3.29. The molecule has 2 aromatic heterocycles. The van der Waals surface area contributed by atoms with E-state index in [-0.39, 0.29) is 6.61 Å². The van der Waals surface area contributed by atoms with Gasteiger partial charge in [0.05, 0.1) is 5.39 Å². The third-order valence-electron chi connectivity index (χ3n) is 4.86. The molecule has 3 heterocycles.